The number of sulfonamides is 1. The van der Waals surface area contributed by atoms with Crippen LogP contribution in [0.25, 0.3) is 5.69 Å². The van der Waals surface area contributed by atoms with Crippen molar-refractivity contribution in [1.29, 1.82) is 0 Å². The first-order chi connectivity index (χ1) is 10.9. The van der Waals surface area contributed by atoms with Gasteiger partial charge in [0.1, 0.15) is 0 Å². The van der Waals surface area contributed by atoms with E-state index >= 15 is 0 Å². The minimum absolute atomic E-state index is 0.139. The van der Waals surface area contributed by atoms with Crippen LogP contribution in [0.4, 0.5) is 0 Å². The second-order valence-corrected chi connectivity index (χ2v) is 8.66. The first-order valence-electron chi connectivity index (χ1n) is 7.60. The van der Waals surface area contributed by atoms with Gasteiger partial charge in [0.2, 0.25) is 10.0 Å². The number of hydrogen-bond acceptors (Lipinski definition) is 4. The van der Waals surface area contributed by atoms with E-state index in [0.29, 0.717) is 18.1 Å². The molecule has 0 aliphatic carbocycles. The van der Waals surface area contributed by atoms with Crippen LogP contribution in [0.2, 0.25) is 0 Å². The van der Waals surface area contributed by atoms with Crippen LogP contribution in [0, 0.1) is 0 Å². The molecule has 0 amide bonds. The van der Waals surface area contributed by atoms with Gasteiger partial charge in [-0.2, -0.15) is 0 Å². The smallest absolute Gasteiger partial charge is 0.211 e. The summed E-state index contributed by atoms with van der Waals surface area (Å²) in [5.41, 5.74) is 2.37. The van der Waals surface area contributed by atoms with Gasteiger partial charge < -0.3 is 0 Å². The van der Waals surface area contributed by atoms with Gasteiger partial charge in [0.25, 0.3) is 0 Å². The zero-order valence-corrected chi connectivity index (χ0v) is 15.3. The third-order valence-corrected chi connectivity index (χ3v) is 6.05. The van der Waals surface area contributed by atoms with Gasteiger partial charge in [-0.25, -0.2) is 18.1 Å². The second kappa shape index (κ2) is 7.99. The molecule has 7 heteroatoms. The van der Waals surface area contributed by atoms with E-state index in [1.54, 1.807) is 18.0 Å². The molecule has 0 aliphatic heterocycles. The monoisotopic (exact) mass is 353 g/mol. The molecule has 1 aromatic carbocycles. The Morgan fingerprint density at radius 2 is 1.96 bits per heavy atom. The maximum atomic E-state index is 11.4. The highest BCUT2D eigenvalue weighted by Crippen LogP contribution is 2.23. The van der Waals surface area contributed by atoms with E-state index in [4.69, 9.17) is 0 Å². The Kier molecular flexibility index (Phi) is 6.26. The molecule has 0 aliphatic rings. The van der Waals surface area contributed by atoms with Gasteiger partial charge >= 0.3 is 0 Å². The average molecular weight is 354 g/mol. The number of rotatable bonds is 8. The SMILES string of the molecule is CNS(=O)(=O)CCCSc1nccn1-c1ccc(C(C)C)cc1. The van der Waals surface area contributed by atoms with Crippen LogP contribution in [-0.2, 0) is 10.0 Å². The van der Waals surface area contributed by atoms with Gasteiger partial charge in [0.05, 0.1) is 5.75 Å². The molecule has 0 saturated heterocycles. The molecule has 0 atom stereocenters. The number of benzene rings is 1. The van der Waals surface area contributed by atoms with Crippen molar-refractivity contribution in [3.05, 3.63) is 42.2 Å². The average Bonchev–Trinajstić information content (AvgIpc) is 3.00. The molecule has 1 heterocycles. The van der Waals surface area contributed by atoms with E-state index in [9.17, 15) is 8.42 Å². The summed E-state index contributed by atoms with van der Waals surface area (Å²) in [7, 11) is -1.69. The van der Waals surface area contributed by atoms with Crippen LogP contribution >= 0.6 is 11.8 Å². The number of hydrogen-bond donors (Lipinski definition) is 1. The van der Waals surface area contributed by atoms with Crippen LogP contribution in [0.5, 0.6) is 0 Å². The highest BCUT2D eigenvalue weighted by Gasteiger charge is 2.09. The topological polar surface area (TPSA) is 64.0 Å². The van der Waals surface area contributed by atoms with E-state index < -0.39 is 10.0 Å². The van der Waals surface area contributed by atoms with Gasteiger partial charge in [-0.15, -0.1) is 0 Å². The summed E-state index contributed by atoms with van der Waals surface area (Å²) in [6.45, 7) is 4.35. The summed E-state index contributed by atoms with van der Waals surface area (Å²) in [5, 5.41) is 0.879. The standard InChI is InChI=1S/C16H23N3O2S2/c1-13(2)14-5-7-15(8-6-14)19-10-9-18-16(19)22-11-4-12-23(20,21)17-3/h5-10,13,17H,4,11-12H2,1-3H3. The van der Waals surface area contributed by atoms with Crippen LogP contribution < -0.4 is 4.72 Å². The summed E-state index contributed by atoms with van der Waals surface area (Å²) < 4.78 is 27.1. The van der Waals surface area contributed by atoms with Crippen molar-refractivity contribution in [3.8, 4) is 5.69 Å². The minimum Gasteiger partial charge on any atom is -0.295 e. The lowest BCUT2D eigenvalue weighted by atomic mass is 10.0. The molecule has 2 aromatic rings. The van der Waals surface area contributed by atoms with E-state index in [-0.39, 0.29) is 5.75 Å². The fourth-order valence-corrected chi connectivity index (χ4v) is 3.95. The van der Waals surface area contributed by atoms with Gasteiger partial charge in [-0.1, -0.05) is 37.7 Å². The Hall–Kier alpha value is -1.31. The van der Waals surface area contributed by atoms with Crippen molar-refractivity contribution in [3.63, 3.8) is 0 Å². The Morgan fingerprint density at radius 3 is 2.57 bits per heavy atom. The third-order valence-electron chi connectivity index (χ3n) is 3.54. The molecule has 0 fully saturated rings. The van der Waals surface area contributed by atoms with E-state index in [1.807, 2.05) is 10.8 Å². The summed E-state index contributed by atoms with van der Waals surface area (Å²) in [5.74, 6) is 1.36. The molecule has 1 aromatic heterocycles. The highest BCUT2D eigenvalue weighted by molar-refractivity contribution is 7.99. The number of aromatic nitrogens is 2. The zero-order chi connectivity index (χ0) is 16.9. The summed E-state index contributed by atoms with van der Waals surface area (Å²) in [6.07, 6.45) is 4.28. The maximum Gasteiger partial charge on any atom is 0.211 e. The van der Waals surface area contributed by atoms with Gasteiger partial charge in [0.15, 0.2) is 5.16 Å². The summed E-state index contributed by atoms with van der Waals surface area (Å²) in [4.78, 5) is 4.37. The van der Waals surface area contributed by atoms with Gasteiger partial charge in [-0.05, 0) is 37.1 Å². The number of thioether (sulfide) groups is 1. The number of nitrogens with one attached hydrogen (secondary N) is 1. The van der Waals surface area contributed by atoms with Crippen LogP contribution in [0.3, 0.4) is 0 Å². The van der Waals surface area contributed by atoms with E-state index in [1.165, 1.54) is 12.6 Å². The van der Waals surface area contributed by atoms with Crippen molar-refractivity contribution >= 4 is 21.8 Å². The first-order valence-corrected chi connectivity index (χ1v) is 10.2. The molecule has 0 saturated carbocycles. The lowest BCUT2D eigenvalue weighted by Crippen LogP contribution is -2.22. The van der Waals surface area contributed by atoms with Crippen molar-refractivity contribution in [2.75, 3.05) is 18.6 Å². The zero-order valence-electron chi connectivity index (χ0n) is 13.7. The Morgan fingerprint density at radius 1 is 1.26 bits per heavy atom. The van der Waals surface area contributed by atoms with E-state index in [0.717, 1.165) is 10.8 Å². The van der Waals surface area contributed by atoms with Crippen LogP contribution in [0.1, 0.15) is 31.7 Å². The molecule has 0 spiro atoms. The quantitative estimate of drug-likeness (QED) is 0.585. The number of imidazole rings is 1. The maximum absolute atomic E-state index is 11.4. The van der Waals surface area contributed by atoms with Crippen molar-refractivity contribution < 1.29 is 8.42 Å². The van der Waals surface area contributed by atoms with Crippen molar-refractivity contribution in [2.45, 2.75) is 31.3 Å². The van der Waals surface area contributed by atoms with Crippen molar-refractivity contribution in [1.82, 2.24) is 14.3 Å². The van der Waals surface area contributed by atoms with E-state index in [2.05, 4.69) is 47.8 Å². The van der Waals surface area contributed by atoms with Crippen molar-refractivity contribution in [2.24, 2.45) is 0 Å². The minimum atomic E-state index is -3.13. The Bertz CT molecular complexity index is 722. The molecule has 5 nitrogen and oxygen atoms in total. The summed E-state index contributed by atoms with van der Waals surface area (Å²) in [6, 6.07) is 8.45. The third kappa shape index (κ3) is 5.09. The normalized spacial score (nSPS) is 12.0. The number of nitrogens with zero attached hydrogens (tertiary/aromatic N) is 2. The molecular formula is C16H23N3O2S2. The molecular weight excluding hydrogens is 330 g/mol. The Balaban J connectivity index is 1.99. The second-order valence-electron chi connectivity index (χ2n) is 5.55. The van der Waals surface area contributed by atoms with Crippen LogP contribution in [0.15, 0.2) is 41.8 Å². The van der Waals surface area contributed by atoms with Crippen LogP contribution in [-0.4, -0.2) is 36.5 Å². The molecule has 0 bridgehead atoms. The van der Waals surface area contributed by atoms with Gasteiger partial charge in [0, 0.05) is 23.8 Å². The predicted molar refractivity (Wildman–Crippen MR) is 95.8 cm³/mol. The fourth-order valence-electron chi connectivity index (χ4n) is 2.13. The fraction of sp³-hybridized carbons (Fsp3) is 0.438. The molecule has 0 unspecified atom stereocenters. The molecule has 23 heavy (non-hydrogen) atoms. The molecule has 2 rings (SSSR count). The lowest BCUT2D eigenvalue weighted by Gasteiger charge is -2.10. The Labute approximate surface area is 142 Å². The van der Waals surface area contributed by atoms with Gasteiger partial charge in [-0.3, -0.25) is 4.57 Å². The molecule has 0 radical (unpaired) electrons. The summed E-state index contributed by atoms with van der Waals surface area (Å²) >= 11 is 1.57. The lowest BCUT2D eigenvalue weighted by molar-refractivity contribution is 0.587. The molecule has 126 valence electrons. The highest BCUT2D eigenvalue weighted by atomic mass is 32.2. The first kappa shape index (κ1) is 18.0. The largest absolute Gasteiger partial charge is 0.295 e. The molecule has 1 N–H and O–H groups in total. The predicted octanol–water partition coefficient (Wildman–Crippen LogP) is 3.03.